The van der Waals surface area contributed by atoms with Crippen LogP contribution in [0.2, 0.25) is 0 Å². The van der Waals surface area contributed by atoms with E-state index >= 15 is 0 Å². The van der Waals surface area contributed by atoms with E-state index in [1.807, 2.05) is 44.2 Å². The number of hydrogen-bond acceptors (Lipinski definition) is 2. The molecule has 128 valence electrons. The van der Waals surface area contributed by atoms with E-state index in [1.165, 1.54) is 11.6 Å². The minimum atomic E-state index is -0.182. The van der Waals surface area contributed by atoms with Crippen LogP contribution in [-0.4, -0.2) is 17.9 Å². The van der Waals surface area contributed by atoms with Crippen molar-refractivity contribution in [3.8, 4) is 0 Å². The van der Waals surface area contributed by atoms with Crippen LogP contribution in [0.25, 0.3) is 6.08 Å². The topological polar surface area (TPSA) is 58.2 Å². The molecule has 25 heavy (non-hydrogen) atoms. The lowest BCUT2D eigenvalue weighted by atomic mass is 10.1. The second kappa shape index (κ2) is 7.34. The Bertz CT molecular complexity index is 818. The number of nitrogens with one attached hydrogen (secondary N) is 2. The van der Waals surface area contributed by atoms with E-state index in [1.54, 1.807) is 18.2 Å². The van der Waals surface area contributed by atoms with Crippen molar-refractivity contribution in [2.75, 3.05) is 5.32 Å². The predicted octanol–water partition coefficient (Wildman–Crippen LogP) is 3.85. The second-order valence-corrected chi connectivity index (χ2v) is 6.49. The molecule has 0 aromatic heterocycles. The number of anilines is 1. The van der Waals surface area contributed by atoms with Gasteiger partial charge >= 0.3 is 0 Å². The summed E-state index contributed by atoms with van der Waals surface area (Å²) in [6.45, 7) is 4.05. The smallest absolute Gasteiger partial charge is 0.251 e. The molecule has 0 unspecified atom stereocenters. The van der Waals surface area contributed by atoms with Gasteiger partial charge in [0.15, 0.2) is 0 Å². The molecule has 0 heterocycles. The summed E-state index contributed by atoms with van der Waals surface area (Å²) >= 11 is 0. The highest BCUT2D eigenvalue weighted by molar-refractivity contribution is 6.02. The molecule has 4 nitrogen and oxygen atoms in total. The van der Waals surface area contributed by atoms with Gasteiger partial charge in [0.1, 0.15) is 0 Å². The number of carbonyl (C=O) groups is 2. The van der Waals surface area contributed by atoms with Crippen LogP contribution in [-0.2, 0) is 4.79 Å². The van der Waals surface area contributed by atoms with Crippen LogP contribution < -0.4 is 10.6 Å². The SMILES string of the molecule is Cc1ccc(NC(=O)/C=C/c2ccc(C(=O)NC3CC3)cc2)cc1C. The molecule has 0 saturated heterocycles. The highest BCUT2D eigenvalue weighted by atomic mass is 16.2. The average molecular weight is 334 g/mol. The first-order valence-corrected chi connectivity index (χ1v) is 8.48. The predicted molar refractivity (Wildman–Crippen MR) is 101 cm³/mol. The summed E-state index contributed by atoms with van der Waals surface area (Å²) in [4.78, 5) is 24.0. The molecule has 4 heteroatoms. The van der Waals surface area contributed by atoms with Gasteiger partial charge in [0.05, 0.1) is 0 Å². The quantitative estimate of drug-likeness (QED) is 0.816. The standard InChI is InChI=1S/C21H22N2O2/c1-14-3-9-19(13-15(14)2)22-20(24)12-6-16-4-7-17(8-5-16)21(25)23-18-10-11-18/h3-9,12-13,18H,10-11H2,1-2H3,(H,22,24)(H,23,25)/b12-6+. The molecule has 2 aromatic rings. The van der Waals surface area contributed by atoms with E-state index in [2.05, 4.69) is 10.6 Å². The molecule has 1 aliphatic rings. The summed E-state index contributed by atoms with van der Waals surface area (Å²) < 4.78 is 0. The Morgan fingerprint density at radius 2 is 1.72 bits per heavy atom. The van der Waals surface area contributed by atoms with E-state index in [-0.39, 0.29) is 11.8 Å². The van der Waals surface area contributed by atoms with Crippen LogP contribution in [0.3, 0.4) is 0 Å². The third-order valence-corrected chi connectivity index (χ3v) is 4.29. The van der Waals surface area contributed by atoms with Crippen LogP contribution >= 0.6 is 0 Å². The van der Waals surface area contributed by atoms with Crippen molar-refractivity contribution in [3.63, 3.8) is 0 Å². The molecule has 0 radical (unpaired) electrons. The summed E-state index contributed by atoms with van der Waals surface area (Å²) in [5, 5.41) is 5.80. The molecule has 1 saturated carbocycles. The zero-order valence-corrected chi connectivity index (χ0v) is 14.5. The zero-order valence-electron chi connectivity index (χ0n) is 14.5. The van der Waals surface area contributed by atoms with Gasteiger partial charge in [-0.1, -0.05) is 18.2 Å². The van der Waals surface area contributed by atoms with Crippen molar-refractivity contribution in [2.24, 2.45) is 0 Å². The maximum absolute atomic E-state index is 12.0. The number of amides is 2. The van der Waals surface area contributed by atoms with Crippen LogP contribution in [0.4, 0.5) is 5.69 Å². The Morgan fingerprint density at radius 3 is 2.36 bits per heavy atom. The van der Waals surface area contributed by atoms with Gasteiger partial charge in [0.25, 0.3) is 5.91 Å². The molecule has 2 N–H and O–H groups in total. The lowest BCUT2D eigenvalue weighted by Gasteiger charge is -2.05. The Morgan fingerprint density at radius 1 is 1.00 bits per heavy atom. The first-order chi connectivity index (χ1) is 12.0. The fraction of sp³-hybridized carbons (Fsp3) is 0.238. The number of hydrogen-bond donors (Lipinski definition) is 2. The fourth-order valence-electron chi connectivity index (χ4n) is 2.42. The number of aryl methyl sites for hydroxylation is 2. The summed E-state index contributed by atoms with van der Waals surface area (Å²) in [5.41, 5.74) is 4.63. The highest BCUT2D eigenvalue weighted by Gasteiger charge is 2.23. The molecule has 0 aliphatic heterocycles. The van der Waals surface area contributed by atoms with Gasteiger partial charge in [-0.15, -0.1) is 0 Å². The first kappa shape index (κ1) is 17.0. The van der Waals surface area contributed by atoms with Gasteiger partial charge in [-0.3, -0.25) is 9.59 Å². The molecular formula is C21H22N2O2. The molecule has 3 rings (SSSR count). The maximum Gasteiger partial charge on any atom is 0.251 e. The van der Waals surface area contributed by atoms with E-state index < -0.39 is 0 Å². The highest BCUT2D eigenvalue weighted by Crippen LogP contribution is 2.19. The summed E-state index contributed by atoms with van der Waals surface area (Å²) in [5.74, 6) is -0.218. The van der Waals surface area contributed by atoms with Gasteiger partial charge < -0.3 is 10.6 Å². The molecular weight excluding hydrogens is 312 g/mol. The minimum Gasteiger partial charge on any atom is -0.349 e. The van der Waals surface area contributed by atoms with Crippen molar-refractivity contribution in [1.82, 2.24) is 5.32 Å². The third kappa shape index (κ3) is 4.80. The molecule has 0 atom stereocenters. The Balaban J connectivity index is 1.57. The van der Waals surface area contributed by atoms with Crippen molar-refractivity contribution in [1.29, 1.82) is 0 Å². The maximum atomic E-state index is 12.0. The Kier molecular flexibility index (Phi) is 4.98. The summed E-state index contributed by atoms with van der Waals surface area (Å²) in [6.07, 6.45) is 5.37. The van der Waals surface area contributed by atoms with Crippen molar-refractivity contribution in [3.05, 3.63) is 70.8 Å². The largest absolute Gasteiger partial charge is 0.349 e. The van der Waals surface area contributed by atoms with Crippen LogP contribution in [0, 0.1) is 13.8 Å². The van der Waals surface area contributed by atoms with Crippen LogP contribution in [0.5, 0.6) is 0 Å². The van der Waals surface area contributed by atoms with E-state index in [9.17, 15) is 9.59 Å². The lowest BCUT2D eigenvalue weighted by Crippen LogP contribution is -2.25. The van der Waals surface area contributed by atoms with E-state index in [0.717, 1.165) is 29.7 Å². The number of carbonyl (C=O) groups excluding carboxylic acids is 2. The van der Waals surface area contributed by atoms with Crippen LogP contribution in [0.1, 0.15) is 39.9 Å². The van der Waals surface area contributed by atoms with Crippen molar-refractivity contribution in [2.45, 2.75) is 32.7 Å². The summed E-state index contributed by atoms with van der Waals surface area (Å²) in [6, 6.07) is 13.4. The molecule has 2 amide bonds. The van der Waals surface area contributed by atoms with Gasteiger partial charge in [-0.2, -0.15) is 0 Å². The van der Waals surface area contributed by atoms with Crippen molar-refractivity contribution < 1.29 is 9.59 Å². The Labute approximate surface area is 148 Å². The molecule has 1 aliphatic carbocycles. The van der Waals surface area contributed by atoms with Gasteiger partial charge in [0, 0.05) is 23.4 Å². The normalized spacial score (nSPS) is 13.7. The fourth-order valence-corrected chi connectivity index (χ4v) is 2.42. The van der Waals surface area contributed by atoms with Crippen molar-refractivity contribution >= 4 is 23.6 Å². The first-order valence-electron chi connectivity index (χ1n) is 8.48. The van der Waals surface area contributed by atoms with E-state index in [0.29, 0.717) is 11.6 Å². The average Bonchev–Trinajstić information content (AvgIpc) is 3.41. The third-order valence-electron chi connectivity index (χ3n) is 4.29. The minimum absolute atomic E-state index is 0.0366. The zero-order chi connectivity index (χ0) is 17.8. The number of benzene rings is 2. The lowest BCUT2D eigenvalue weighted by molar-refractivity contribution is -0.111. The molecule has 1 fully saturated rings. The van der Waals surface area contributed by atoms with E-state index in [4.69, 9.17) is 0 Å². The monoisotopic (exact) mass is 334 g/mol. The summed E-state index contributed by atoms with van der Waals surface area (Å²) in [7, 11) is 0. The Hall–Kier alpha value is -2.88. The number of rotatable bonds is 5. The van der Waals surface area contributed by atoms with Gasteiger partial charge in [0.2, 0.25) is 5.91 Å². The van der Waals surface area contributed by atoms with Gasteiger partial charge in [-0.05, 0) is 73.7 Å². The molecule has 0 bridgehead atoms. The molecule has 0 spiro atoms. The second-order valence-electron chi connectivity index (χ2n) is 6.49. The van der Waals surface area contributed by atoms with Crippen LogP contribution in [0.15, 0.2) is 48.5 Å². The van der Waals surface area contributed by atoms with Gasteiger partial charge in [-0.25, -0.2) is 0 Å². The molecule has 2 aromatic carbocycles.